The molecule has 23 heavy (non-hydrogen) atoms. The second-order valence-corrected chi connectivity index (χ2v) is 6.34. The highest BCUT2D eigenvalue weighted by Gasteiger charge is 2.29. The highest BCUT2D eigenvalue weighted by Crippen LogP contribution is 2.33. The molecule has 4 nitrogen and oxygen atoms in total. The maximum atomic E-state index is 13.8. The molecule has 2 aromatic rings. The Hall–Kier alpha value is -2.17. The van der Waals surface area contributed by atoms with Gasteiger partial charge in [0.2, 0.25) is 5.91 Å². The van der Waals surface area contributed by atoms with Crippen molar-refractivity contribution in [1.29, 1.82) is 0 Å². The molecule has 1 aliphatic carbocycles. The fourth-order valence-corrected chi connectivity index (χ4v) is 3.60. The zero-order valence-electron chi connectivity index (χ0n) is 14.0. The summed E-state index contributed by atoms with van der Waals surface area (Å²) >= 11 is 0. The molecule has 1 N–H and O–H groups in total. The number of aryl methyl sites for hydroxylation is 2. The molecule has 1 aliphatic rings. The van der Waals surface area contributed by atoms with Gasteiger partial charge in [0.05, 0.1) is 17.7 Å². The van der Waals surface area contributed by atoms with E-state index in [4.69, 9.17) is 0 Å². The molecular weight excluding hydrogens is 293 g/mol. The predicted molar refractivity (Wildman–Crippen MR) is 86.7 cm³/mol. The van der Waals surface area contributed by atoms with E-state index in [1.165, 1.54) is 6.07 Å². The molecule has 0 radical (unpaired) electrons. The number of aromatic nitrogens is 2. The van der Waals surface area contributed by atoms with Crippen LogP contribution in [0, 0.1) is 19.7 Å². The quantitative estimate of drug-likeness (QED) is 0.946. The van der Waals surface area contributed by atoms with Crippen molar-refractivity contribution in [3.8, 4) is 0 Å². The van der Waals surface area contributed by atoms with Gasteiger partial charge in [-0.1, -0.05) is 12.1 Å². The summed E-state index contributed by atoms with van der Waals surface area (Å²) in [6.07, 6.45) is 1.42. The monoisotopic (exact) mass is 315 g/mol. The number of amides is 1. The molecule has 1 heterocycles. The molecule has 3 rings (SSSR count). The van der Waals surface area contributed by atoms with Crippen LogP contribution in [0.15, 0.2) is 18.2 Å². The highest BCUT2D eigenvalue weighted by molar-refractivity contribution is 5.84. The van der Waals surface area contributed by atoms with Crippen LogP contribution in [0.25, 0.3) is 0 Å². The van der Waals surface area contributed by atoms with Gasteiger partial charge in [0.1, 0.15) is 5.82 Å². The third-order valence-electron chi connectivity index (χ3n) is 4.92. The van der Waals surface area contributed by atoms with Gasteiger partial charge in [-0.05, 0) is 50.8 Å². The molecule has 0 fully saturated rings. The first-order chi connectivity index (χ1) is 10.9. The molecule has 1 amide bonds. The van der Waals surface area contributed by atoms with Gasteiger partial charge in [-0.3, -0.25) is 9.48 Å². The van der Waals surface area contributed by atoms with Crippen molar-refractivity contribution < 1.29 is 9.18 Å². The summed E-state index contributed by atoms with van der Waals surface area (Å²) in [5.41, 5.74) is 4.50. The third kappa shape index (κ3) is 2.64. The van der Waals surface area contributed by atoms with Crippen LogP contribution in [0.4, 0.5) is 4.39 Å². The maximum absolute atomic E-state index is 13.8. The molecule has 1 aromatic heterocycles. The molecule has 0 saturated heterocycles. The molecule has 0 aliphatic heterocycles. The minimum atomic E-state index is -0.277. The molecule has 0 bridgehead atoms. The lowest BCUT2D eigenvalue weighted by Crippen LogP contribution is -2.31. The van der Waals surface area contributed by atoms with Crippen LogP contribution >= 0.6 is 0 Å². The number of hydrogen-bond donors (Lipinski definition) is 1. The van der Waals surface area contributed by atoms with Gasteiger partial charge in [-0.2, -0.15) is 5.10 Å². The van der Waals surface area contributed by atoms with Crippen LogP contribution in [-0.4, -0.2) is 15.7 Å². The van der Waals surface area contributed by atoms with Gasteiger partial charge in [0, 0.05) is 18.3 Å². The fraction of sp³-hybridized carbons (Fsp3) is 0.444. The Bertz CT molecular complexity index is 766. The van der Waals surface area contributed by atoms with Gasteiger partial charge < -0.3 is 5.32 Å². The average molecular weight is 315 g/mol. The Kier molecular flexibility index (Phi) is 3.96. The van der Waals surface area contributed by atoms with Gasteiger partial charge in [-0.15, -0.1) is 0 Å². The molecule has 0 spiro atoms. The van der Waals surface area contributed by atoms with E-state index in [9.17, 15) is 9.18 Å². The molecule has 1 aromatic carbocycles. The molecular formula is C18H22FN3O. The summed E-state index contributed by atoms with van der Waals surface area (Å²) in [5, 5.41) is 7.46. The summed E-state index contributed by atoms with van der Waals surface area (Å²) in [6, 6.07) is 4.99. The van der Waals surface area contributed by atoms with Gasteiger partial charge >= 0.3 is 0 Å². The predicted octanol–water partition coefficient (Wildman–Crippen LogP) is 3.08. The zero-order chi connectivity index (χ0) is 16.7. The van der Waals surface area contributed by atoms with E-state index in [-0.39, 0.29) is 23.7 Å². The van der Waals surface area contributed by atoms with E-state index >= 15 is 0 Å². The largest absolute Gasteiger partial charge is 0.349 e. The van der Waals surface area contributed by atoms with Gasteiger partial charge in [0.15, 0.2) is 0 Å². The van der Waals surface area contributed by atoms with Crippen LogP contribution in [-0.2, 0) is 18.3 Å². The molecule has 122 valence electrons. The topological polar surface area (TPSA) is 46.9 Å². The fourth-order valence-electron chi connectivity index (χ4n) is 3.60. The van der Waals surface area contributed by atoms with E-state index in [1.807, 2.05) is 33.9 Å². The molecule has 2 atom stereocenters. The number of hydrogen-bond acceptors (Lipinski definition) is 2. The van der Waals surface area contributed by atoms with Crippen molar-refractivity contribution in [2.75, 3.05) is 0 Å². The lowest BCUT2D eigenvalue weighted by molar-refractivity contribution is -0.123. The van der Waals surface area contributed by atoms with Crippen molar-refractivity contribution in [2.45, 2.75) is 45.6 Å². The lowest BCUT2D eigenvalue weighted by Gasteiger charge is -2.18. The molecule has 0 unspecified atom stereocenters. The van der Waals surface area contributed by atoms with Gasteiger partial charge in [-0.25, -0.2) is 4.39 Å². The molecule has 5 heteroatoms. The molecule has 0 saturated carbocycles. The van der Waals surface area contributed by atoms with Crippen molar-refractivity contribution in [2.24, 2.45) is 7.05 Å². The van der Waals surface area contributed by atoms with Crippen LogP contribution < -0.4 is 5.32 Å². The Morgan fingerprint density at radius 1 is 1.43 bits per heavy atom. The summed E-state index contributed by atoms with van der Waals surface area (Å²) < 4.78 is 15.6. The first kappa shape index (κ1) is 15.7. The third-order valence-corrected chi connectivity index (χ3v) is 4.92. The number of carbonyl (C=O) groups is 1. The summed E-state index contributed by atoms with van der Waals surface area (Å²) in [7, 11) is 1.88. The lowest BCUT2D eigenvalue weighted by atomic mass is 9.97. The van der Waals surface area contributed by atoms with Crippen LogP contribution in [0.2, 0.25) is 0 Å². The Morgan fingerprint density at radius 2 is 2.17 bits per heavy atom. The number of rotatable bonds is 3. The van der Waals surface area contributed by atoms with E-state index in [1.54, 1.807) is 10.7 Å². The summed E-state index contributed by atoms with van der Waals surface area (Å²) in [6.45, 7) is 5.79. The highest BCUT2D eigenvalue weighted by atomic mass is 19.1. The smallest absolute Gasteiger partial charge is 0.227 e. The summed E-state index contributed by atoms with van der Waals surface area (Å²) in [5.74, 6) is -0.487. The van der Waals surface area contributed by atoms with Crippen molar-refractivity contribution in [1.82, 2.24) is 15.1 Å². The second-order valence-electron chi connectivity index (χ2n) is 6.34. The van der Waals surface area contributed by atoms with E-state index in [0.717, 1.165) is 34.5 Å². The van der Waals surface area contributed by atoms with Crippen molar-refractivity contribution in [3.05, 3.63) is 52.1 Å². The number of carbonyl (C=O) groups excluding carboxylic acids is 1. The number of halogens is 1. The number of fused-ring (bicyclic) bond motifs is 1. The Morgan fingerprint density at radius 3 is 2.83 bits per heavy atom. The average Bonchev–Trinajstić information content (AvgIpc) is 3.01. The van der Waals surface area contributed by atoms with E-state index in [2.05, 4.69) is 10.4 Å². The second kappa shape index (κ2) is 5.80. The summed E-state index contributed by atoms with van der Waals surface area (Å²) in [4.78, 5) is 12.7. The minimum Gasteiger partial charge on any atom is -0.349 e. The Balaban J connectivity index is 1.80. The normalized spacial score (nSPS) is 17.9. The Labute approximate surface area is 135 Å². The van der Waals surface area contributed by atoms with Crippen LogP contribution in [0.3, 0.4) is 0 Å². The van der Waals surface area contributed by atoms with Crippen molar-refractivity contribution >= 4 is 5.91 Å². The van der Waals surface area contributed by atoms with E-state index < -0.39 is 0 Å². The van der Waals surface area contributed by atoms with E-state index in [0.29, 0.717) is 6.42 Å². The SMILES string of the molecule is Cc1nn(C)c(C)c1[C@@H](C)C(=O)N[C@@H]1CCc2c(F)cccc21. The number of nitrogens with zero attached hydrogens (tertiary/aromatic N) is 2. The number of nitrogens with one attached hydrogen (secondary N) is 1. The minimum absolute atomic E-state index is 0.0358. The number of benzene rings is 1. The van der Waals surface area contributed by atoms with Crippen molar-refractivity contribution in [3.63, 3.8) is 0 Å². The zero-order valence-corrected chi connectivity index (χ0v) is 14.0. The first-order valence-corrected chi connectivity index (χ1v) is 7.98. The first-order valence-electron chi connectivity index (χ1n) is 7.98. The van der Waals surface area contributed by atoms with Crippen LogP contribution in [0.5, 0.6) is 0 Å². The maximum Gasteiger partial charge on any atom is 0.227 e. The van der Waals surface area contributed by atoms with Crippen LogP contribution in [0.1, 0.15) is 53.4 Å². The standard InChI is InChI=1S/C18H22FN3O/c1-10(17-11(2)21-22(4)12(17)3)18(23)20-16-9-8-13-14(16)6-5-7-15(13)19/h5-7,10,16H,8-9H2,1-4H3,(H,20,23)/t10-,16-/m1/s1. The van der Waals surface area contributed by atoms with Gasteiger partial charge in [0.25, 0.3) is 0 Å².